The second-order valence-corrected chi connectivity index (χ2v) is 11.2. The normalized spacial score (nSPS) is 45.0. The second kappa shape index (κ2) is 6.74. The maximum absolute atomic E-state index is 2.58. The SMILES string of the molecule is CC1=CCC(C(C)CP2CC(C)C3CCC(C)C2C3)CC1. The summed E-state index contributed by atoms with van der Waals surface area (Å²) in [5.41, 5.74) is 2.76. The Morgan fingerprint density at radius 2 is 2.00 bits per heavy atom. The van der Waals surface area contributed by atoms with Crippen LogP contribution >= 0.6 is 7.92 Å². The molecule has 1 heterocycles. The van der Waals surface area contributed by atoms with Crippen molar-refractivity contribution < 1.29 is 0 Å². The molecule has 1 aliphatic heterocycles. The van der Waals surface area contributed by atoms with E-state index in [0.29, 0.717) is 7.92 Å². The highest BCUT2D eigenvalue weighted by atomic mass is 31.1. The van der Waals surface area contributed by atoms with Crippen molar-refractivity contribution in [1.29, 1.82) is 0 Å². The topological polar surface area (TPSA) is 0 Å². The van der Waals surface area contributed by atoms with Crippen LogP contribution in [-0.4, -0.2) is 18.0 Å². The van der Waals surface area contributed by atoms with Crippen LogP contribution in [0.15, 0.2) is 11.6 Å². The van der Waals surface area contributed by atoms with E-state index >= 15 is 0 Å². The Labute approximate surface area is 133 Å². The molecule has 0 spiro atoms. The van der Waals surface area contributed by atoms with E-state index in [0.717, 1.165) is 35.2 Å². The maximum atomic E-state index is 2.58. The van der Waals surface area contributed by atoms with Gasteiger partial charge >= 0.3 is 0 Å². The minimum Gasteiger partial charge on any atom is -0.103 e. The summed E-state index contributed by atoms with van der Waals surface area (Å²) >= 11 is 0. The number of allylic oxidation sites excluding steroid dienone is 2. The molecule has 21 heavy (non-hydrogen) atoms. The maximum Gasteiger partial charge on any atom is -0.0181 e. The Morgan fingerprint density at radius 3 is 2.71 bits per heavy atom. The van der Waals surface area contributed by atoms with E-state index in [1.165, 1.54) is 32.1 Å². The lowest BCUT2D eigenvalue weighted by molar-refractivity contribution is 0.225. The molecule has 0 radical (unpaired) electrons. The first-order valence-electron chi connectivity index (χ1n) is 9.44. The van der Waals surface area contributed by atoms with Gasteiger partial charge in [-0.25, -0.2) is 0 Å². The van der Waals surface area contributed by atoms with Crippen molar-refractivity contribution in [3.8, 4) is 0 Å². The third-order valence-corrected chi connectivity index (χ3v) is 10.7. The fraction of sp³-hybridized carbons (Fsp3) is 0.900. The Kier molecular flexibility index (Phi) is 5.15. The van der Waals surface area contributed by atoms with E-state index in [9.17, 15) is 0 Å². The fourth-order valence-corrected chi connectivity index (χ4v) is 9.45. The highest BCUT2D eigenvalue weighted by Gasteiger charge is 2.41. The molecule has 0 nitrogen and oxygen atoms in total. The molecule has 1 saturated carbocycles. The lowest BCUT2D eigenvalue weighted by Crippen LogP contribution is -2.38. The predicted octanol–water partition coefficient (Wildman–Crippen LogP) is 6.31. The van der Waals surface area contributed by atoms with Gasteiger partial charge in [-0.3, -0.25) is 0 Å². The lowest BCUT2D eigenvalue weighted by atomic mass is 9.76. The molecule has 120 valence electrons. The highest BCUT2D eigenvalue weighted by molar-refractivity contribution is 7.58. The first-order valence-corrected chi connectivity index (χ1v) is 11.2. The third kappa shape index (κ3) is 3.57. The van der Waals surface area contributed by atoms with E-state index in [1.807, 2.05) is 0 Å². The van der Waals surface area contributed by atoms with Crippen molar-refractivity contribution >= 4 is 7.92 Å². The first-order chi connectivity index (χ1) is 10.0. The van der Waals surface area contributed by atoms with Crippen molar-refractivity contribution in [3.05, 3.63) is 11.6 Å². The molecule has 2 fully saturated rings. The minimum absolute atomic E-state index is 0.315. The van der Waals surface area contributed by atoms with Gasteiger partial charge in [-0.15, -0.1) is 7.92 Å². The Balaban J connectivity index is 1.60. The van der Waals surface area contributed by atoms with Crippen molar-refractivity contribution in [2.24, 2.45) is 29.6 Å². The third-order valence-electron chi connectivity index (χ3n) is 7.00. The number of hydrogen-bond acceptors (Lipinski definition) is 0. The van der Waals surface area contributed by atoms with Gasteiger partial charge in [-0.1, -0.05) is 32.4 Å². The zero-order chi connectivity index (χ0) is 15.0. The Morgan fingerprint density at radius 1 is 1.19 bits per heavy atom. The summed E-state index contributed by atoms with van der Waals surface area (Å²) < 4.78 is 0. The van der Waals surface area contributed by atoms with Gasteiger partial charge in [0.2, 0.25) is 0 Å². The van der Waals surface area contributed by atoms with Gasteiger partial charge in [0, 0.05) is 0 Å². The summed E-state index contributed by atoms with van der Waals surface area (Å²) in [5, 5.41) is 0. The molecule has 3 rings (SSSR count). The van der Waals surface area contributed by atoms with Crippen LogP contribution < -0.4 is 0 Å². The molecule has 1 heteroatoms. The summed E-state index contributed by atoms with van der Waals surface area (Å²) in [5.74, 6) is 5.10. The molecule has 2 aliphatic carbocycles. The zero-order valence-electron chi connectivity index (χ0n) is 14.6. The Hall–Kier alpha value is 0.170. The van der Waals surface area contributed by atoms with E-state index < -0.39 is 0 Å². The summed E-state index contributed by atoms with van der Waals surface area (Å²) in [6.45, 7) is 10.0. The monoisotopic (exact) mass is 306 g/mol. The van der Waals surface area contributed by atoms with E-state index in [4.69, 9.17) is 0 Å². The molecule has 0 N–H and O–H groups in total. The first kappa shape index (κ1) is 16.0. The quantitative estimate of drug-likeness (QED) is 0.423. The molecule has 0 aromatic heterocycles. The molecule has 0 aromatic carbocycles. The van der Waals surface area contributed by atoms with Crippen molar-refractivity contribution in [1.82, 2.24) is 0 Å². The van der Waals surface area contributed by atoms with Crippen LogP contribution in [0, 0.1) is 29.6 Å². The Bertz CT molecular complexity index is 385. The van der Waals surface area contributed by atoms with Crippen molar-refractivity contribution in [3.63, 3.8) is 0 Å². The van der Waals surface area contributed by atoms with Gasteiger partial charge in [-0.2, -0.15) is 0 Å². The number of hydrogen-bond donors (Lipinski definition) is 0. The molecule has 7 unspecified atom stereocenters. The van der Waals surface area contributed by atoms with Crippen LogP contribution in [0.4, 0.5) is 0 Å². The van der Waals surface area contributed by atoms with Crippen LogP contribution in [0.3, 0.4) is 0 Å². The molecule has 3 aliphatic rings. The van der Waals surface area contributed by atoms with Crippen LogP contribution in [0.5, 0.6) is 0 Å². The summed E-state index contributed by atoms with van der Waals surface area (Å²) in [4.78, 5) is 0. The molecular weight excluding hydrogens is 271 g/mol. The van der Waals surface area contributed by atoms with E-state index in [2.05, 4.69) is 33.8 Å². The minimum atomic E-state index is 0.315. The van der Waals surface area contributed by atoms with Crippen molar-refractivity contribution in [2.75, 3.05) is 12.3 Å². The van der Waals surface area contributed by atoms with E-state index in [1.54, 1.807) is 24.3 Å². The fourth-order valence-electron chi connectivity index (χ4n) is 5.24. The molecule has 2 bridgehead atoms. The summed E-state index contributed by atoms with van der Waals surface area (Å²) in [7, 11) is 0.315. The largest absolute Gasteiger partial charge is 0.103 e. The van der Waals surface area contributed by atoms with Crippen LogP contribution in [0.25, 0.3) is 0 Å². The predicted molar refractivity (Wildman–Crippen MR) is 96.4 cm³/mol. The summed E-state index contributed by atoms with van der Waals surface area (Å²) in [6, 6.07) is 0. The average molecular weight is 306 g/mol. The standard InChI is InChI=1S/C20H35P/c1-14-5-8-18(9-6-14)16(3)12-21-13-17(4)19-10-7-15(2)20(21)11-19/h5,15-20H,6-13H2,1-4H3. The van der Waals surface area contributed by atoms with Gasteiger partial charge < -0.3 is 0 Å². The molecule has 0 amide bonds. The van der Waals surface area contributed by atoms with Crippen molar-refractivity contribution in [2.45, 2.75) is 71.9 Å². The second-order valence-electron chi connectivity index (χ2n) is 8.61. The van der Waals surface area contributed by atoms with Gasteiger partial charge in [0.25, 0.3) is 0 Å². The van der Waals surface area contributed by atoms with E-state index in [-0.39, 0.29) is 0 Å². The van der Waals surface area contributed by atoms with Gasteiger partial charge in [0.1, 0.15) is 0 Å². The van der Waals surface area contributed by atoms with Crippen LogP contribution in [-0.2, 0) is 0 Å². The van der Waals surface area contributed by atoms with Crippen LogP contribution in [0.1, 0.15) is 66.2 Å². The van der Waals surface area contributed by atoms with Gasteiger partial charge in [0.15, 0.2) is 0 Å². The number of fused-ring (bicyclic) bond motifs is 2. The van der Waals surface area contributed by atoms with Gasteiger partial charge in [0.05, 0.1) is 0 Å². The molecule has 1 saturated heterocycles. The zero-order valence-corrected chi connectivity index (χ0v) is 15.5. The smallest absolute Gasteiger partial charge is 0.0181 e. The van der Waals surface area contributed by atoms with Crippen LogP contribution in [0.2, 0.25) is 0 Å². The van der Waals surface area contributed by atoms with Gasteiger partial charge in [-0.05, 0) is 93.0 Å². The average Bonchev–Trinajstić information content (AvgIpc) is 2.47. The highest BCUT2D eigenvalue weighted by Crippen LogP contribution is 2.59. The molecular formula is C20H35P. The molecule has 7 atom stereocenters. The summed E-state index contributed by atoms with van der Waals surface area (Å²) in [6.07, 6.45) is 14.6. The molecule has 0 aromatic rings. The number of rotatable bonds is 3. The lowest BCUT2D eigenvalue weighted by Gasteiger charge is -2.48.